The molecule has 66 valence electrons. The number of alkyl halides is 1. The summed E-state index contributed by atoms with van der Waals surface area (Å²) in [6, 6.07) is 0. The Morgan fingerprint density at radius 1 is 1.09 bits per heavy atom. The average molecular weight is 219 g/mol. The fraction of sp³-hybridized carbons (Fsp3) is 1.00. The third-order valence-corrected chi connectivity index (χ3v) is 4.39. The quantitative estimate of drug-likeness (QED) is 0.483. The van der Waals surface area contributed by atoms with Crippen LogP contribution >= 0.6 is 15.9 Å². The summed E-state index contributed by atoms with van der Waals surface area (Å²) in [5.74, 6) is 0. The van der Waals surface area contributed by atoms with Crippen LogP contribution in [0.25, 0.3) is 0 Å². The fourth-order valence-corrected chi connectivity index (χ4v) is 3.02. The van der Waals surface area contributed by atoms with E-state index in [-0.39, 0.29) is 0 Å². The molecule has 1 aliphatic rings. The van der Waals surface area contributed by atoms with Gasteiger partial charge in [-0.2, -0.15) is 0 Å². The Morgan fingerprint density at radius 2 is 1.64 bits per heavy atom. The van der Waals surface area contributed by atoms with Crippen molar-refractivity contribution >= 4 is 15.9 Å². The van der Waals surface area contributed by atoms with Gasteiger partial charge >= 0.3 is 0 Å². The van der Waals surface area contributed by atoms with Crippen LogP contribution in [0.2, 0.25) is 0 Å². The van der Waals surface area contributed by atoms with E-state index in [2.05, 4.69) is 22.9 Å². The topological polar surface area (TPSA) is 0 Å². The first kappa shape index (κ1) is 9.57. The maximum absolute atomic E-state index is 3.66. The normalized spacial score (nSPS) is 24.5. The highest BCUT2D eigenvalue weighted by Gasteiger charge is 2.27. The molecule has 0 amide bonds. The van der Waals surface area contributed by atoms with Crippen LogP contribution in [0.4, 0.5) is 0 Å². The van der Waals surface area contributed by atoms with Crippen LogP contribution in [0.3, 0.4) is 0 Å². The molecule has 0 heterocycles. The highest BCUT2D eigenvalue weighted by Crippen LogP contribution is 2.39. The van der Waals surface area contributed by atoms with Gasteiger partial charge in [0.1, 0.15) is 0 Å². The Kier molecular flexibility index (Phi) is 3.91. The van der Waals surface area contributed by atoms with Crippen LogP contribution in [0, 0.1) is 5.41 Å². The van der Waals surface area contributed by atoms with E-state index in [0.717, 1.165) is 0 Å². The molecule has 0 aliphatic heterocycles. The molecule has 0 N–H and O–H groups in total. The van der Waals surface area contributed by atoms with Gasteiger partial charge in [-0.25, -0.2) is 0 Å². The first-order valence-corrected chi connectivity index (χ1v) is 6.01. The van der Waals surface area contributed by atoms with E-state index in [0.29, 0.717) is 5.41 Å². The maximum atomic E-state index is 3.66. The number of halogens is 1. The lowest BCUT2D eigenvalue weighted by Crippen LogP contribution is -2.20. The SMILES string of the molecule is CCC1(CBr)CCCCCC1. The minimum absolute atomic E-state index is 0.663. The first-order valence-electron chi connectivity index (χ1n) is 4.89. The van der Waals surface area contributed by atoms with Crippen molar-refractivity contribution in [3.8, 4) is 0 Å². The smallest absolute Gasteiger partial charge is 0.00878 e. The zero-order valence-corrected chi connectivity index (χ0v) is 9.12. The largest absolute Gasteiger partial charge is 0.0922 e. The molecular weight excluding hydrogens is 200 g/mol. The predicted octanol–water partition coefficient (Wildman–Crippen LogP) is 4.13. The number of hydrogen-bond donors (Lipinski definition) is 0. The van der Waals surface area contributed by atoms with Crippen molar-refractivity contribution < 1.29 is 0 Å². The van der Waals surface area contributed by atoms with Crippen LogP contribution in [-0.2, 0) is 0 Å². The van der Waals surface area contributed by atoms with Crippen molar-refractivity contribution in [1.82, 2.24) is 0 Å². The first-order chi connectivity index (χ1) is 5.33. The van der Waals surface area contributed by atoms with Gasteiger partial charge in [0.25, 0.3) is 0 Å². The molecule has 0 atom stereocenters. The molecule has 0 aromatic heterocycles. The summed E-state index contributed by atoms with van der Waals surface area (Å²) < 4.78 is 0. The Hall–Kier alpha value is 0.480. The lowest BCUT2D eigenvalue weighted by atomic mass is 9.80. The molecule has 1 saturated carbocycles. The van der Waals surface area contributed by atoms with Gasteiger partial charge in [-0.3, -0.25) is 0 Å². The van der Waals surface area contributed by atoms with E-state index in [1.807, 2.05) is 0 Å². The molecule has 1 fully saturated rings. The van der Waals surface area contributed by atoms with E-state index >= 15 is 0 Å². The lowest BCUT2D eigenvalue weighted by molar-refractivity contribution is 0.277. The highest BCUT2D eigenvalue weighted by atomic mass is 79.9. The average Bonchev–Trinajstić information content (AvgIpc) is 2.30. The van der Waals surface area contributed by atoms with Crippen LogP contribution in [0.5, 0.6) is 0 Å². The standard InChI is InChI=1S/C10H19Br/c1-2-10(9-11)7-5-3-4-6-8-10/h2-9H2,1H3. The summed E-state index contributed by atoms with van der Waals surface area (Å²) in [6.07, 6.45) is 10.1. The summed E-state index contributed by atoms with van der Waals surface area (Å²) in [6.45, 7) is 2.34. The van der Waals surface area contributed by atoms with Crippen molar-refractivity contribution in [2.75, 3.05) is 5.33 Å². The van der Waals surface area contributed by atoms with Gasteiger partial charge in [0.2, 0.25) is 0 Å². The molecule has 0 aromatic rings. The van der Waals surface area contributed by atoms with Gasteiger partial charge in [0.05, 0.1) is 0 Å². The Labute approximate surface area is 78.9 Å². The second-order valence-electron chi connectivity index (χ2n) is 3.90. The zero-order valence-electron chi connectivity index (χ0n) is 7.53. The Bertz CT molecular complexity index is 95.4. The molecule has 0 unspecified atom stereocenters. The molecule has 0 spiro atoms. The van der Waals surface area contributed by atoms with Crippen molar-refractivity contribution in [3.05, 3.63) is 0 Å². The minimum atomic E-state index is 0.663. The summed E-state index contributed by atoms with van der Waals surface area (Å²) in [7, 11) is 0. The van der Waals surface area contributed by atoms with Gasteiger partial charge in [-0.05, 0) is 24.7 Å². The summed E-state index contributed by atoms with van der Waals surface area (Å²) in [5, 5.41) is 1.22. The van der Waals surface area contributed by atoms with E-state index in [4.69, 9.17) is 0 Å². The molecule has 0 saturated heterocycles. The molecular formula is C10H19Br. The van der Waals surface area contributed by atoms with E-state index < -0.39 is 0 Å². The monoisotopic (exact) mass is 218 g/mol. The fourth-order valence-electron chi connectivity index (χ4n) is 2.06. The predicted molar refractivity (Wildman–Crippen MR) is 54.2 cm³/mol. The molecule has 1 aliphatic carbocycles. The van der Waals surface area contributed by atoms with Gasteiger partial charge in [-0.15, -0.1) is 0 Å². The molecule has 0 radical (unpaired) electrons. The van der Waals surface area contributed by atoms with E-state index in [9.17, 15) is 0 Å². The number of hydrogen-bond acceptors (Lipinski definition) is 0. The molecule has 11 heavy (non-hydrogen) atoms. The van der Waals surface area contributed by atoms with Crippen LogP contribution in [-0.4, -0.2) is 5.33 Å². The molecule has 0 bridgehead atoms. The van der Waals surface area contributed by atoms with E-state index in [1.54, 1.807) is 0 Å². The lowest BCUT2D eigenvalue weighted by Gasteiger charge is -2.29. The van der Waals surface area contributed by atoms with E-state index in [1.165, 1.54) is 50.3 Å². The third kappa shape index (κ3) is 2.47. The van der Waals surface area contributed by atoms with Gasteiger partial charge in [0, 0.05) is 5.33 Å². The molecule has 1 rings (SSSR count). The summed E-state index contributed by atoms with van der Waals surface area (Å²) >= 11 is 3.66. The van der Waals surface area contributed by atoms with Crippen LogP contribution < -0.4 is 0 Å². The van der Waals surface area contributed by atoms with Crippen molar-refractivity contribution in [1.29, 1.82) is 0 Å². The molecule has 0 aromatic carbocycles. The van der Waals surface area contributed by atoms with Crippen LogP contribution in [0.1, 0.15) is 51.9 Å². The number of rotatable bonds is 2. The zero-order chi connectivity index (χ0) is 8.16. The second-order valence-corrected chi connectivity index (χ2v) is 4.46. The van der Waals surface area contributed by atoms with Crippen LogP contribution in [0.15, 0.2) is 0 Å². The van der Waals surface area contributed by atoms with Gasteiger partial charge in [0.15, 0.2) is 0 Å². The Balaban J connectivity index is 2.49. The van der Waals surface area contributed by atoms with Crippen molar-refractivity contribution in [3.63, 3.8) is 0 Å². The minimum Gasteiger partial charge on any atom is -0.0922 e. The maximum Gasteiger partial charge on any atom is 0.00878 e. The second kappa shape index (κ2) is 4.49. The van der Waals surface area contributed by atoms with Crippen molar-refractivity contribution in [2.24, 2.45) is 5.41 Å². The highest BCUT2D eigenvalue weighted by molar-refractivity contribution is 9.09. The van der Waals surface area contributed by atoms with Crippen molar-refractivity contribution in [2.45, 2.75) is 51.9 Å². The van der Waals surface area contributed by atoms with Gasteiger partial charge < -0.3 is 0 Å². The third-order valence-electron chi connectivity index (χ3n) is 3.20. The molecule has 0 nitrogen and oxygen atoms in total. The Morgan fingerprint density at radius 3 is 2.00 bits per heavy atom. The van der Waals surface area contributed by atoms with Gasteiger partial charge in [-0.1, -0.05) is 48.5 Å². The summed E-state index contributed by atoms with van der Waals surface area (Å²) in [4.78, 5) is 0. The summed E-state index contributed by atoms with van der Waals surface area (Å²) in [5.41, 5.74) is 0.663. The molecule has 1 heteroatoms.